The van der Waals surface area contributed by atoms with Gasteiger partial charge in [0.05, 0.1) is 5.70 Å². The summed E-state index contributed by atoms with van der Waals surface area (Å²) < 4.78 is 4.46. The average molecular weight is 114 g/mol. The highest BCUT2D eigenvalue weighted by molar-refractivity contribution is 5.72. The Morgan fingerprint density at radius 2 is 2.62 bits per heavy atom. The van der Waals surface area contributed by atoms with Crippen LogP contribution in [0.25, 0.3) is 0 Å². The average Bonchev–Trinajstić information content (AvgIpc) is 2.14. The zero-order valence-corrected chi connectivity index (χ0v) is 4.18. The van der Waals surface area contributed by atoms with Crippen LogP contribution in [0.5, 0.6) is 0 Å². The summed E-state index contributed by atoms with van der Waals surface area (Å²) in [7, 11) is 0. The maximum atomic E-state index is 10.2. The van der Waals surface area contributed by atoms with Gasteiger partial charge in [0.2, 0.25) is 0 Å². The van der Waals surface area contributed by atoms with E-state index in [1.165, 1.54) is 6.20 Å². The Kier molecular flexibility index (Phi) is 1.07. The van der Waals surface area contributed by atoms with Gasteiger partial charge in [0.1, 0.15) is 6.61 Å². The quantitative estimate of drug-likeness (QED) is 0.447. The molecule has 1 rings (SSSR count). The van der Waals surface area contributed by atoms with Gasteiger partial charge in [-0.25, -0.2) is 4.79 Å². The van der Waals surface area contributed by atoms with Crippen molar-refractivity contribution in [2.45, 2.75) is 0 Å². The molecule has 0 radical (unpaired) electrons. The first-order valence-electron chi connectivity index (χ1n) is 2.17. The molecule has 8 heavy (non-hydrogen) atoms. The monoisotopic (exact) mass is 114 g/mol. The summed E-state index contributed by atoms with van der Waals surface area (Å²) >= 11 is 0. The van der Waals surface area contributed by atoms with Crippen molar-refractivity contribution in [1.29, 1.82) is 0 Å². The van der Waals surface area contributed by atoms with Crippen LogP contribution in [0.1, 0.15) is 0 Å². The van der Waals surface area contributed by atoms with Gasteiger partial charge in [-0.1, -0.05) is 0 Å². The topological polar surface area (TPSA) is 64.3 Å². The van der Waals surface area contributed by atoms with Gasteiger partial charge in [0.25, 0.3) is 0 Å². The number of nitrogens with two attached hydrogens (primary N) is 1. The first-order chi connectivity index (χ1) is 3.83. The Hall–Kier alpha value is -1.19. The number of alkyl carbamates (subject to hydrolysis) is 1. The van der Waals surface area contributed by atoms with Crippen molar-refractivity contribution >= 4 is 6.09 Å². The molecule has 1 aliphatic rings. The van der Waals surface area contributed by atoms with Crippen molar-refractivity contribution in [3.8, 4) is 0 Å². The molecule has 4 heteroatoms. The number of carbonyl (C=O) groups excluding carboxylic acids is 1. The van der Waals surface area contributed by atoms with Crippen LogP contribution in [0, 0.1) is 0 Å². The van der Waals surface area contributed by atoms with Gasteiger partial charge in [-0.05, 0) is 0 Å². The molecule has 1 aliphatic heterocycles. The fourth-order valence-electron chi connectivity index (χ4n) is 0.436. The number of carbonyl (C=O) groups is 1. The summed E-state index contributed by atoms with van der Waals surface area (Å²) in [5, 5.41) is 2.38. The first kappa shape index (κ1) is 4.96. The third-order valence-electron chi connectivity index (χ3n) is 0.823. The molecule has 0 atom stereocenters. The number of rotatable bonds is 0. The van der Waals surface area contributed by atoms with Gasteiger partial charge in [-0.15, -0.1) is 0 Å². The molecule has 0 bridgehead atoms. The van der Waals surface area contributed by atoms with Crippen LogP contribution in [0.2, 0.25) is 0 Å². The molecule has 0 spiro atoms. The molecule has 4 nitrogen and oxygen atoms in total. The molecular weight excluding hydrogens is 108 g/mol. The van der Waals surface area contributed by atoms with Crippen LogP contribution in [0.3, 0.4) is 0 Å². The number of hydrogen-bond acceptors (Lipinski definition) is 3. The van der Waals surface area contributed by atoms with E-state index in [1.54, 1.807) is 0 Å². The lowest BCUT2D eigenvalue weighted by Crippen LogP contribution is -2.11. The molecule has 0 aromatic rings. The summed E-state index contributed by atoms with van der Waals surface area (Å²) in [5.41, 5.74) is 5.66. The normalized spacial score (nSPS) is 23.0. The second-order valence-electron chi connectivity index (χ2n) is 1.39. The minimum atomic E-state index is -0.429. The molecular formula is C4H6N2O2. The molecule has 1 saturated heterocycles. The molecule has 0 unspecified atom stereocenters. The van der Waals surface area contributed by atoms with Gasteiger partial charge < -0.3 is 10.5 Å². The Bertz CT molecular complexity index is 141. The smallest absolute Gasteiger partial charge is 0.411 e. The number of ether oxygens (including phenoxy) is 1. The van der Waals surface area contributed by atoms with E-state index in [9.17, 15) is 4.79 Å². The van der Waals surface area contributed by atoms with Crippen LogP contribution in [-0.2, 0) is 4.74 Å². The van der Waals surface area contributed by atoms with E-state index in [2.05, 4.69) is 10.1 Å². The lowest BCUT2D eigenvalue weighted by Gasteiger charge is -1.84. The highest BCUT2D eigenvalue weighted by Crippen LogP contribution is 1.97. The predicted octanol–water partition coefficient (Wildman–Crippen LogP) is -0.474. The van der Waals surface area contributed by atoms with E-state index < -0.39 is 6.09 Å². The van der Waals surface area contributed by atoms with E-state index in [0.29, 0.717) is 5.70 Å². The largest absolute Gasteiger partial charge is 0.443 e. The summed E-state index contributed by atoms with van der Waals surface area (Å²) in [6.45, 7) is 0.273. The molecule has 1 fully saturated rings. The van der Waals surface area contributed by atoms with Crippen LogP contribution >= 0.6 is 0 Å². The van der Waals surface area contributed by atoms with Crippen molar-refractivity contribution < 1.29 is 9.53 Å². The molecule has 3 N–H and O–H groups in total. The van der Waals surface area contributed by atoms with E-state index in [0.717, 1.165) is 0 Å². The van der Waals surface area contributed by atoms with Gasteiger partial charge in [-0.3, -0.25) is 5.32 Å². The Labute approximate surface area is 46.3 Å². The maximum Gasteiger partial charge on any atom is 0.411 e. The van der Waals surface area contributed by atoms with Crippen LogP contribution in [0.15, 0.2) is 11.9 Å². The Balaban J connectivity index is 2.56. The van der Waals surface area contributed by atoms with Crippen LogP contribution in [0.4, 0.5) is 4.79 Å². The summed E-state index contributed by atoms with van der Waals surface area (Å²) in [5.74, 6) is 0. The first-order valence-corrected chi connectivity index (χ1v) is 2.17. The number of amides is 1. The van der Waals surface area contributed by atoms with Crippen molar-refractivity contribution in [2.24, 2.45) is 5.73 Å². The van der Waals surface area contributed by atoms with Crippen molar-refractivity contribution in [3.63, 3.8) is 0 Å². The van der Waals surface area contributed by atoms with Crippen molar-refractivity contribution in [1.82, 2.24) is 5.32 Å². The highest BCUT2D eigenvalue weighted by atomic mass is 16.6. The second-order valence-corrected chi connectivity index (χ2v) is 1.39. The molecule has 44 valence electrons. The van der Waals surface area contributed by atoms with E-state index >= 15 is 0 Å². The third kappa shape index (κ3) is 0.726. The zero-order valence-electron chi connectivity index (χ0n) is 4.18. The molecule has 1 amide bonds. The molecule has 0 aliphatic carbocycles. The lowest BCUT2D eigenvalue weighted by atomic mass is 10.5. The standard InChI is InChI=1S/C4H6N2O2/c5-1-3-2-8-4(7)6-3/h1H,2,5H2,(H,6,7). The summed E-state index contributed by atoms with van der Waals surface area (Å²) in [6, 6.07) is 0. The second kappa shape index (κ2) is 1.73. The SMILES string of the molecule is NC=C1COC(=O)N1. The molecule has 0 saturated carbocycles. The predicted molar refractivity (Wildman–Crippen MR) is 26.8 cm³/mol. The Morgan fingerprint density at radius 1 is 1.88 bits per heavy atom. The zero-order chi connectivity index (χ0) is 5.98. The van der Waals surface area contributed by atoms with E-state index in [-0.39, 0.29) is 6.61 Å². The van der Waals surface area contributed by atoms with Gasteiger partial charge >= 0.3 is 6.09 Å². The van der Waals surface area contributed by atoms with Crippen molar-refractivity contribution in [3.05, 3.63) is 11.9 Å². The summed E-state index contributed by atoms with van der Waals surface area (Å²) in [4.78, 5) is 10.2. The van der Waals surface area contributed by atoms with Crippen LogP contribution < -0.4 is 11.1 Å². The maximum absolute atomic E-state index is 10.2. The fourth-order valence-corrected chi connectivity index (χ4v) is 0.436. The lowest BCUT2D eigenvalue weighted by molar-refractivity contribution is 0.179. The number of cyclic esters (lactones) is 1. The third-order valence-corrected chi connectivity index (χ3v) is 0.823. The van der Waals surface area contributed by atoms with Crippen LogP contribution in [-0.4, -0.2) is 12.7 Å². The number of nitrogens with one attached hydrogen (secondary N) is 1. The van der Waals surface area contributed by atoms with Gasteiger partial charge in [0.15, 0.2) is 0 Å². The minimum absolute atomic E-state index is 0.273. The molecule has 1 heterocycles. The van der Waals surface area contributed by atoms with Gasteiger partial charge in [-0.2, -0.15) is 0 Å². The number of hydrogen-bond donors (Lipinski definition) is 2. The molecule has 0 aromatic heterocycles. The Morgan fingerprint density at radius 3 is 2.88 bits per heavy atom. The molecule has 0 aromatic carbocycles. The van der Waals surface area contributed by atoms with Crippen molar-refractivity contribution in [2.75, 3.05) is 6.61 Å². The summed E-state index contributed by atoms with van der Waals surface area (Å²) in [6.07, 6.45) is 0.881. The van der Waals surface area contributed by atoms with E-state index in [1.807, 2.05) is 0 Å². The van der Waals surface area contributed by atoms with E-state index in [4.69, 9.17) is 5.73 Å². The highest BCUT2D eigenvalue weighted by Gasteiger charge is 2.13. The van der Waals surface area contributed by atoms with Gasteiger partial charge in [0, 0.05) is 6.20 Å². The fraction of sp³-hybridized carbons (Fsp3) is 0.250. The minimum Gasteiger partial charge on any atom is -0.443 e.